The molecule has 0 bridgehead atoms. The first-order chi connectivity index (χ1) is 15.6. The number of pyridine rings is 1. The SMILES string of the molecule is COc1ccc(CNC(=O)c2ccc(CN3C(=O)CSc4ncccc43)cc2)cc1OC. The van der Waals surface area contributed by atoms with E-state index in [1.807, 2.05) is 42.5 Å². The van der Waals surface area contributed by atoms with Gasteiger partial charge in [-0.1, -0.05) is 30.0 Å². The van der Waals surface area contributed by atoms with Crippen LogP contribution in [0.3, 0.4) is 0 Å². The van der Waals surface area contributed by atoms with Gasteiger partial charge in [0.1, 0.15) is 5.03 Å². The number of rotatable bonds is 7. The van der Waals surface area contributed by atoms with E-state index in [2.05, 4.69) is 10.3 Å². The van der Waals surface area contributed by atoms with Crippen molar-refractivity contribution < 1.29 is 19.1 Å². The number of benzene rings is 2. The molecule has 0 atom stereocenters. The number of hydrogen-bond acceptors (Lipinski definition) is 6. The molecule has 3 aromatic rings. The summed E-state index contributed by atoms with van der Waals surface area (Å²) in [6, 6.07) is 16.5. The molecule has 2 heterocycles. The second-order valence-corrected chi connectivity index (χ2v) is 8.13. The molecule has 2 amide bonds. The van der Waals surface area contributed by atoms with Crippen molar-refractivity contribution in [3.05, 3.63) is 77.5 Å². The molecule has 4 rings (SSSR count). The normalized spacial score (nSPS) is 12.8. The van der Waals surface area contributed by atoms with Crippen molar-refractivity contribution in [3.8, 4) is 11.5 Å². The molecule has 164 valence electrons. The van der Waals surface area contributed by atoms with E-state index in [9.17, 15) is 9.59 Å². The number of nitrogens with one attached hydrogen (secondary N) is 1. The lowest BCUT2D eigenvalue weighted by atomic mass is 10.1. The van der Waals surface area contributed by atoms with Crippen LogP contribution in [0.5, 0.6) is 11.5 Å². The Bertz CT molecular complexity index is 1130. The molecular weight excluding hydrogens is 426 g/mol. The quantitative estimate of drug-likeness (QED) is 0.593. The third-order valence-electron chi connectivity index (χ3n) is 5.13. The van der Waals surface area contributed by atoms with E-state index in [1.165, 1.54) is 11.8 Å². The van der Waals surface area contributed by atoms with Gasteiger partial charge in [-0.15, -0.1) is 0 Å². The second kappa shape index (κ2) is 9.74. The Morgan fingerprint density at radius 1 is 1.06 bits per heavy atom. The number of anilines is 1. The molecule has 32 heavy (non-hydrogen) atoms. The van der Waals surface area contributed by atoms with E-state index in [1.54, 1.807) is 37.4 Å². The van der Waals surface area contributed by atoms with Gasteiger partial charge in [-0.2, -0.15) is 0 Å². The third kappa shape index (κ3) is 4.70. The number of hydrogen-bond donors (Lipinski definition) is 1. The summed E-state index contributed by atoms with van der Waals surface area (Å²) in [5.41, 5.74) is 3.22. The van der Waals surface area contributed by atoms with Crippen LogP contribution < -0.4 is 19.7 Å². The molecule has 1 aliphatic heterocycles. The van der Waals surface area contributed by atoms with Crippen LogP contribution >= 0.6 is 11.8 Å². The van der Waals surface area contributed by atoms with Crippen molar-refractivity contribution in [2.45, 2.75) is 18.1 Å². The van der Waals surface area contributed by atoms with Gasteiger partial charge >= 0.3 is 0 Å². The van der Waals surface area contributed by atoms with Gasteiger partial charge in [0, 0.05) is 18.3 Å². The van der Waals surface area contributed by atoms with Crippen molar-refractivity contribution in [2.75, 3.05) is 24.9 Å². The number of ether oxygens (including phenoxy) is 2. The Hall–Kier alpha value is -3.52. The third-order valence-corrected chi connectivity index (χ3v) is 6.11. The number of carbonyl (C=O) groups is 2. The average molecular weight is 450 g/mol. The summed E-state index contributed by atoms with van der Waals surface area (Å²) < 4.78 is 10.5. The van der Waals surface area contributed by atoms with Crippen molar-refractivity contribution in [3.63, 3.8) is 0 Å². The van der Waals surface area contributed by atoms with Gasteiger partial charge in [0.05, 0.1) is 32.2 Å². The molecule has 0 saturated carbocycles. The zero-order chi connectivity index (χ0) is 22.5. The minimum Gasteiger partial charge on any atom is -0.493 e. The molecule has 0 radical (unpaired) electrons. The monoisotopic (exact) mass is 449 g/mol. The summed E-state index contributed by atoms with van der Waals surface area (Å²) >= 11 is 1.46. The molecule has 0 saturated heterocycles. The second-order valence-electron chi connectivity index (χ2n) is 7.17. The fraction of sp³-hybridized carbons (Fsp3) is 0.208. The summed E-state index contributed by atoms with van der Waals surface area (Å²) in [6.07, 6.45) is 1.73. The summed E-state index contributed by atoms with van der Waals surface area (Å²) in [5, 5.41) is 3.77. The van der Waals surface area contributed by atoms with Crippen LogP contribution in [0, 0.1) is 0 Å². The molecule has 1 N–H and O–H groups in total. The van der Waals surface area contributed by atoms with E-state index < -0.39 is 0 Å². The number of fused-ring (bicyclic) bond motifs is 1. The summed E-state index contributed by atoms with van der Waals surface area (Å²) in [7, 11) is 3.16. The van der Waals surface area contributed by atoms with Gasteiger partial charge < -0.3 is 19.7 Å². The summed E-state index contributed by atoms with van der Waals surface area (Å²) in [4.78, 5) is 31.1. The molecule has 1 aliphatic rings. The number of nitrogens with zero attached hydrogens (tertiary/aromatic N) is 2. The first kappa shape index (κ1) is 21.7. The topological polar surface area (TPSA) is 80.8 Å². The number of carbonyl (C=O) groups excluding carboxylic acids is 2. The fourth-order valence-electron chi connectivity index (χ4n) is 3.43. The molecule has 0 fully saturated rings. The Kier molecular flexibility index (Phi) is 6.61. The van der Waals surface area contributed by atoms with Gasteiger partial charge in [-0.25, -0.2) is 4.98 Å². The summed E-state index contributed by atoms with van der Waals surface area (Å²) in [6.45, 7) is 0.802. The maximum absolute atomic E-state index is 12.6. The highest BCUT2D eigenvalue weighted by Crippen LogP contribution is 2.34. The van der Waals surface area contributed by atoms with E-state index in [-0.39, 0.29) is 11.8 Å². The lowest BCUT2D eigenvalue weighted by Gasteiger charge is -2.28. The molecule has 0 aliphatic carbocycles. The number of amides is 2. The van der Waals surface area contributed by atoms with E-state index in [0.717, 1.165) is 21.8 Å². The van der Waals surface area contributed by atoms with Crippen molar-refractivity contribution >= 4 is 29.3 Å². The van der Waals surface area contributed by atoms with Crippen LogP contribution in [0.2, 0.25) is 0 Å². The van der Waals surface area contributed by atoms with E-state index >= 15 is 0 Å². The van der Waals surface area contributed by atoms with Crippen molar-refractivity contribution in [1.82, 2.24) is 10.3 Å². The van der Waals surface area contributed by atoms with E-state index in [0.29, 0.717) is 35.9 Å². The lowest BCUT2D eigenvalue weighted by molar-refractivity contribution is -0.116. The van der Waals surface area contributed by atoms with Gasteiger partial charge in [-0.3, -0.25) is 9.59 Å². The van der Waals surface area contributed by atoms with Crippen LogP contribution in [0.15, 0.2) is 65.8 Å². The van der Waals surface area contributed by atoms with Crippen molar-refractivity contribution in [1.29, 1.82) is 0 Å². The number of methoxy groups -OCH3 is 2. The van der Waals surface area contributed by atoms with Gasteiger partial charge in [-0.05, 0) is 47.5 Å². The number of aromatic nitrogens is 1. The zero-order valence-electron chi connectivity index (χ0n) is 17.8. The highest BCUT2D eigenvalue weighted by molar-refractivity contribution is 8.00. The highest BCUT2D eigenvalue weighted by atomic mass is 32.2. The molecule has 0 unspecified atom stereocenters. The van der Waals surface area contributed by atoms with E-state index in [4.69, 9.17) is 9.47 Å². The van der Waals surface area contributed by atoms with Gasteiger partial charge in [0.25, 0.3) is 5.91 Å². The molecule has 8 heteroatoms. The highest BCUT2D eigenvalue weighted by Gasteiger charge is 2.25. The minimum absolute atomic E-state index is 0.0484. The molecular formula is C24H23N3O4S. The van der Waals surface area contributed by atoms with Crippen molar-refractivity contribution in [2.24, 2.45) is 0 Å². The van der Waals surface area contributed by atoms with Gasteiger partial charge in [0.15, 0.2) is 11.5 Å². The molecule has 1 aromatic heterocycles. The minimum atomic E-state index is -0.175. The number of thioether (sulfide) groups is 1. The first-order valence-corrected chi connectivity index (χ1v) is 11.0. The Morgan fingerprint density at radius 2 is 1.81 bits per heavy atom. The van der Waals surface area contributed by atoms with Crippen LogP contribution in [0.25, 0.3) is 0 Å². The standard InChI is InChI=1S/C24H23N3O4S/c1-30-20-10-7-17(12-21(20)31-2)13-26-23(29)18-8-5-16(6-9-18)14-27-19-4-3-11-25-24(19)32-15-22(27)28/h3-12H,13-15H2,1-2H3,(H,26,29). The predicted octanol–water partition coefficient (Wildman–Crippen LogP) is 3.67. The predicted molar refractivity (Wildman–Crippen MR) is 123 cm³/mol. The van der Waals surface area contributed by atoms with Crippen LogP contribution in [-0.2, 0) is 17.9 Å². The maximum atomic E-state index is 12.6. The largest absolute Gasteiger partial charge is 0.493 e. The zero-order valence-corrected chi connectivity index (χ0v) is 18.6. The summed E-state index contributed by atoms with van der Waals surface area (Å²) in [5.74, 6) is 1.51. The molecule has 2 aromatic carbocycles. The fourth-order valence-corrected chi connectivity index (χ4v) is 4.31. The maximum Gasteiger partial charge on any atom is 0.251 e. The van der Waals surface area contributed by atoms with Crippen LogP contribution in [0.4, 0.5) is 5.69 Å². The molecule has 7 nitrogen and oxygen atoms in total. The Balaban J connectivity index is 1.40. The first-order valence-electron chi connectivity index (χ1n) is 10.0. The smallest absolute Gasteiger partial charge is 0.251 e. The van der Waals surface area contributed by atoms with Crippen LogP contribution in [-0.4, -0.2) is 36.8 Å². The van der Waals surface area contributed by atoms with Crippen LogP contribution in [0.1, 0.15) is 21.5 Å². The Labute approximate surface area is 190 Å². The average Bonchev–Trinajstić information content (AvgIpc) is 2.84. The molecule has 0 spiro atoms. The lowest BCUT2D eigenvalue weighted by Crippen LogP contribution is -2.35. The van der Waals surface area contributed by atoms with Gasteiger partial charge in [0.2, 0.25) is 5.91 Å². The Morgan fingerprint density at radius 3 is 2.56 bits per heavy atom.